The Morgan fingerprint density at radius 2 is 0.900 bits per heavy atom. The fraction of sp³-hybridized carbons (Fsp3) is 0.526. The first-order valence-electron chi connectivity index (χ1n) is 16.3. The first kappa shape index (κ1) is 32.0. The fourth-order valence-electron chi connectivity index (χ4n) is 5.78. The van der Waals surface area contributed by atoms with Crippen molar-refractivity contribution >= 4 is 0 Å². The molecule has 0 aromatic heterocycles. The topological polar surface area (TPSA) is 0 Å². The molecular weight excluding hydrogens is 494 g/mol. The van der Waals surface area contributed by atoms with Crippen LogP contribution in [0.3, 0.4) is 0 Å². The lowest BCUT2D eigenvalue weighted by molar-refractivity contribution is 0.493. The van der Waals surface area contributed by atoms with Crippen molar-refractivity contribution in [1.29, 1.82) is 0 Å². The number of unbranched alkanes of at least 4 members (excludes halogenated alkanes) is 14. The summed E-state index contributed by atoms with van der Waals surface area (Å²) in [4.78, 5) is 0. The van der Waals surface area contributed by atoms with Gasteiger partial charge < -0.3 is 0 Å². The van der Waals surface area contributed by atoms with Crippen LogP contribution in [0.5, 0.6) is 0 Å². The quantitative estimate of drug-likeness (QED) is 0.124. The molecule has 0 nitrogen and oxygen atoms in total. The van der Waals surface area contributed by atoms with E-state index in [-0.39, 0.29) is 0 Å². The minimum Gasteiger partial charge on any atom is -0.203 e. The predicted octanol–water partition coefficient (Wildman–Crippen LogP) is 12.7. The summed E-state index contributed by atoms with van der Waals surface area (Å²) >= 11 is 0. The molecule has 0 aliphatic heterocycles. The highest BCUT2D eigenvalue weighted by Gasteiger charge is 2.19. The van der Waals surface area contributed by atoms with Gasteiger partial charge in [0.2, 0.25) is 0 Å². The fourth-order valence-corrected chi connectivity index (χ4v) is 5.78. The Morgan fingerprint density at radius 3 is 1.45 bits per heavy atom. The Morgan fingerprint density at radius 1 is 0.450 bits per heavy atom. The maximum absolute atomic E-state index is 15.6. The third kappa shape index (κ3) is 10.5. The molecule has 3 aromatic rings. The molecule has 0 radical (unpaired) electrons. The number of benzene rings is 3. The van der Waals surface area contributed by atoms with E-state index < -0.39 is 11.6 Å². The van der Waals surface area contributed by atoms with E-state index in [4.69, 9.17) is 0 Å². The largest absolute Gasteiger partial charge is 0.203 e. The minimum absolute atomic E-state index is 0.394. The first-order chi connectivity index (χ1) is 19.7. The van der Waals surface area contributed by atoms with Crippen molar-refractivity contribution in [1.82, 2.24) is 0 Å². The second-order valence-electron chi connectivity index (χ2n) is 11.6. The van der Waals surface area contributed by atoms with Gasteiger partial charge in [-0.2, -0.15) is 0 Å². The third-order valence-electron chi connectivity index (χ3n) is 8.28. The van der Waals surface area contributed by atoms with Gasteiger partial charge in [0.25, 0.3) is 0 Å². The van der Waals surface area contributed by atoms with Gasteiger partial charge in [0, 0.05) is 5.56 Å². The molecule has 218 valence electrons. The minimum atomic E-state index is -0.694. The van der Waals surface area contributed by atoms with Crippen LogP contribution in [0.2, 0.25) is 0 Å². The molecule has 0 amide bonds. The van der Waals surface area contributed by atoms with E-state index in [2.05, 4.69) is 26.0 Å². The molecule has 0 aliphatic carbocycles. The van der Waals surface area contributed by atoms with Crippen molar-refractivity contribution in [3.8, 4) is 22.3 Å². The molecular formula is C38H52F2. The van der Waals surface area contributed by atoms with Gasteiger partial charge in [0.15, 0.2) is 11.6 Å². The maximum atomic E-state index is 15.6. The Labute approximate surface area is 243 Å². The molecule has 0 saturated carbocycles. The third-order valence-corrected chi connectivity index (χ3v) is 8.28. The van der Waals surface area contributed by atoms with Crippen LogP contribution in [0.4, 0.5) is 8.78 Å². The number of aryl methyl sites for hydroxylation is 1. The molecule has 0 heterocycles. The molecule has 0 fully saturated rings. The van der Waals surface area contributed by atoms with Crippen molar-refractivity contribution in [2.75, 3.05) is 0 Å². The zero-order valence-corrected chi connectivity index (χ0v) is 25.3. The summed E-state index contributed by atoms with van der Waals surface area (Å²) in [5.74, 6) is -1.32. The molecule has 0 saturated heterocycles. The summed E-state index contributed by atoms with van der Waals surface area (Å²) in [7, 11) is 0. The van der Waals surface area contributed by atoms with Crippen LogP contribution in [0.1, 0.15) is 128 Å². The van der Waals surface area contributed by atoms with E-state index in [1.807, 2.05) is 48.5 Å². The second kappa shape index (κ2) is 18.8. The summed E-state index contributed by atoms with van der Waals surface area (Å²) in [5, 5.41) is 0. The van der Waals surface area contributed by atoms with Gasteiger partial charge in [-0.3, -0.25) is 0 Å². The smallest absolute Gasteiger partial charge is 0.166 e. The van der Waals surface area contributed by atoms with Crippen molar-refractivity contribution in [3.05, 3.63) is 83.4 Å². The molecule has 0 spiro atoms. The van der Waals surface area contributed by atoms with Gasteiger partial charge in [-0.25, -0.2) is 8.78 Å². The van der Waals surface area contributed by atoms with Crippen molar-refractivity contribution in [2.45, 2.75) is 129 Å². The lowest BCUT2D eigenvalue weighted by Crippen LogP contribution is -2.05. The first-order valence-corrected chi connectivity index (χ1v) is 16.3. The summed E-state index contributed by atoms with van der Waals surface area (Å²) in [6.45, 7) is 4.48. The normalized spacial score (nSPS) is 11.3. The second-order valence-corrected chi connectivity index (χ2v) is 11.6. The van der Waals surface area contributed by atoms with Crippen LogP contribution in [0, 0.1) is 11.6 Å². The highest BCUT2D eigenvalue weighted by Crippen LogP contribution is 2.32. The molecule has 3 rings (SSSR count). The average Bonchev–Trinajstić information content (AvgIpc) is 2.99. The molecule has 0 atom stereocenters. The monoisotopic (exact) mass is 546 g/mol. The molecule has 3 aromatic carbocycles. The Hall–Kier alpha value is -2.48. The summed E-state index contributed by atoms with van der Waals surface area (Å²) < 4.78 is 31.1. The van der Waals surface area contributed by atoms with Gasteiger partial charge in [-0.1, -0.05) is 158 Å². The van der Waals surface area contributed by atoms with E-state index in [0.29, 0.717) is 17.5 Å². The van der Waals surface area contributed by atoms with Crippen LogP contribution < -0.4 is 0 Å². The van der Waals surface area contributed by atoms with Crippen molar-refractivity contribution in [2.24, 2.45) is 0 Å². The van der Waals surface area contributed by atoms with Crippen LogP contribution in [-0.4, -0.2) is 0 Å². The van der Waals surface area contributed by atoms with E-state index in [1.165, 1.54) is 77.0 Å². The standard InChI is InChI=1S/C38H52F2/c1-3-5-7-9-11-12-13-14-15-18-24-34-30-36(33-28-26-32(27-29-33)31-22-19-17-20-23-31)38(40)37(39)35(34)25-21-16-10-8-6-4-2/h17,19-20,22-23,26-30H,3-16,18,21,24-25H2,1-2H3. The zero-order chi connectivity index (χ0) is 28.4. The van der Waals surface area contributed by atoms with E-state index >= 15 is 8.78 Å². The van der Waals surface area contributed by atoms with E-state index in [0.717, 1.165) is 54.4 Å². The lowest BCUT2D eigenvalue weighted by atomic mass is 9.91. The van der Waals surface area contributed by atoms with Crippen LogP contribution >= 0.6 is 0 Å². The lowest BCUT2D eigenvalue weighted by Gasteiger charge is -2.16. The summed E-state index contributed by atoms with van der Waals surface area (Å²) in [5.41, 5.74) is 4.97. The molecule has 0 N–H and O–H groups in total. The SMILES string of the molecule is CCCCCCCCCCCCc1cc(-c2ccc(-c3ccccc3)cc2)c(F)c(F)c1CCCCCCCC. The highest BCUT2D eigenvalue weighted by molar-refractivity contribution is 5.71. The number of halogens is 2. The number of hydrogen-bond donors (Lipinski definition) is 0. The Bertz CT molecular complexity index is 1080. The van der Waals surface area contributed by atoms with Gasteiger partial charge in [-0.15, -0.1) is 0 Å². The van der Waals surface area contributed by atoms with Crippen LogP contribution in [0.15, 0.2) is 60.7 Å². The molecule has 0 aliphatic rings. The average molecular weight is 547 g/mol. The zero-order valence-electron chi connectivity index (χ0n) is 25.3. The van der Waals surface area contributed by atoms with Gasteiger partial charge >= 0.3 is 0 Å². The van der Waals surface area contributed by atoms with E-state index in [9.17, 15) is 0 Å². The predicted molar refractivity (Wildman–Crippen MR) is 170 cm³/mol. The van der Waals surface area contributed by atoms with E-state index in [1.54, 1.807) is 0 Å². The Kier molecular flexibility index (Phi) is 15.1. The highest BCUT2D eigenvalue weighted by atomic mass is 19.2. The Balaban J connectivity index is 1.67. The molecule has 0 unspecified atom stereocenters. The van der Waals surface area contributed by atoms with Crippen molar-refractivity contribution in [3.63, 3.8) is 0 Å². The molecule has 40 heavy (non-hydrogen) atoms. The van der Waals surface area contributed by atoms with Gasteiger partial charge in [-0.05, 0) is 59.6 Å². The van der Waals surface area contributed by atoms with Crippen molar-refractivity contribution < 1.29 is 8.78 Å². The maximum Gasteiger partial charge on any atom is 0.166 e. The molecule has 0 bridgehead atoms. The number of rotatable bonds is 20. The molecule has 2 heteroatoms. The summed E-state index contributed by atoms with van der Waals surface area (Å²) in [6.07, 6.45) is 21.1. The van der Waals surface area contributed by atoms with Gasteiger partial charge in [0.05, 0.1) is 0 Å². The van der Waals surface area contributed by atoms with Crippen LogP contribution in [-0.2, 0) is 12.8 Å². The number of hydrogen-bond acceptors (Lipinski definition) is 0. The van der Waals surface area contributed by atoms with Gasteiger partial charge in [0.1, 0.15) is 0 Å². The summed E-state index contributed by atoms with van der Waals surface area (Å²) in [6, 6.07) is 20.0. The van der Waals surface area contributed by atoms with Crippen LogP contribution in [0.25, 0.3) is 22.3 Å².